The Balaban J connectivity index is 2.53. The van der Waals surface area contributed by atoms with Crippen molar-refractivity contribution in [1.29, 1.82) is 0 Å². The number of aromatic nitrogens is 3. The topological polar surface area (TPSA) is 90.7 Å². The summed E-state index contributed by atoms with van der Waals surface area (Å²) < 4.78 is 0. The summed E-state index contributed by atoms with van der Waals surface area (Å²) in [7, 11) is 0. The predicted molar refractivity (Wildman–Crippen MR) is 54.1 cm³/mol. The van der Waals surface area contributed by atoms with Crippen LogP contribution in [0.2, 0.25) is 0 Å². The Labute approximate surface area is 80.8 Å². The summed E-state index contributed by atoms with van der Waals surface area (Å²) in [5.41, 5.74) is 12.4. The smallest absolute Gasteiger partial charge is 0.242 e. The first-order valence-corrected chi connectivity index (χ1v) is 4.08. The van der Waals surface area contributed by atoms with E-state index < -0.39 is 0 Å². The highest BCUT2D eigenvalue weighted by Crippen LogP contribution is 2.20. The molecule has 14 heavy (non-hydrogen) atoms. The Morgan fingerprint density at radius 1 is 0.929 bits per heavy atom. The van der Waals surface area contributed by atoms with Gasteiger partial charge < -0.3 is 11.5 Å². The first kappa shape index (κ1) is 8.43. The minimum absolute atomic E-state index is 0.0854. The predicted octanol–water partition coefficient (Wildman–Crippen LogP) is 0.703. The zero-order valence-corrected chi connectivity index (χ0v) is 7.38. The molecule has 5 nitrogen and oxygen atoms in total. The Morgan fingerprint density at radius 3 is 2.29 bits per heavy atom. The van der Waals surface area contributed by atoms with Crippen molar-refractivity contribution in [3.8, 4) is 11.3 Å². The molecule has 0 aliphatic carbocycles. The maximum Gasteiger partial charge on any atom is 0.242 e. The van der Waals surface area contributed by atoms with Crippen molar-refractivity contribution in [3.05, 3.63) is 30.3 Å². The Hall–Kier alpha value is -2.17. The maximum atomic E-state index is 5.66. The van der Waals surface area contributed by atoms with E-state index >= 15 is 0 Å². The molecule has 5 heteroatoms. The molecule has 0 aliphatic heterocycles. The lowest BCUT2D eigenvalue weighted by Crippen LogP contribution is -2.04. The third kappa shape index (κ3) is 1.47. The molecule has 2 aromatic rings. The van der Waals surface area contributed by atoms with Gasteiger partial charge in [0.25, 0.3) is 0 Å². The van der Waals surface area contributed by atoms with Crippen LogP contribution in [0.4, 0.5) is 11.8 Å². The van der Waals surface area contributed by atoms with Crippen LogP contribution in [0.1, 0.15) is 0 Å². The standard InChI is InChI=1S/C9H9N5/c10-8-7(13-14-9(11)12-8)6-4-2-1-3-5-6/h1-5H,(H4,10,11,12,14). The normalized spacial score (nSPS) is 10.0. The molecule has 0 spiro atoms. The van der Waals surface area contributed by atoms with E-state index in [2.05, 4.69) is 15.2 Å². The number of rotatable bonds is 1. The first-order valence-electron chi connectivity index (χ1n) is 4.08. The van der Waals surface area contributed by atoms with Crippen molar-refractivity contribution in [2.24, 2.45) is 0 Å². The van der Waals surface area contributed by atoms with Gasteiger partial charge in [-0.1, -0.05) is 30.3 Å². The molecule has 1 aromatic carbocycles. The fourth-order valence-electron chi connectivity index (χ4n) is 1.15. The molecule has 0 bridgehead atoms. The van der Waals surface area contributed by atoms with Gasteiger partial charge >= 0.3 is 0 Å². The highest BCUT2D eigenvalue weighted by Gasteiger charge is 2.05. The number of hydrogen-bond acceptors (Lipinski definition) is 5. The van der Waals surface area contributed by atoms with Crippen molar-refractivity contribution in [2.75, 3.05) is 11.5 Å². The fourth-order valence-corrected chi connectivity index (χ4v) is 1.15. The molecule has 0 radical (unpaired) electrons. The number of hydrogen-bond donors (Lipinski definition) is 2. The highest BCUT2D eigenvalue weighted by atomic mass is 15.2. The van der Waals surface area contributed by atoms with E-state index in [9.17, 15) is 0 Å². The molecule has 0 unspecified atom stereocenters. The number of nitrogens with zero attached hydrogens (tertiary/aromatic N) is 3. The molecule has 1 aromatic heterocycles. The van der Waals surface area contributed by atoms with Gasteiger partial charge in [-0.15, -0.1) is 10.2 Å². The average Bonchev–Trinajstić information content (AvgIpc) is 2.19. The number of nitrogen functional groups attached to an aromatic ring is 2. The monoisotopic (exact) mass is 187 g/mol. The number of anilines is 2. The number of nitrogens with two attached hydrogens (primary N) is 2. The maximum absolute atomic E-state index is 5.66. The van der Waals surface area contributed by atoms with Crippen LogP contribution in [0, 0.1) is 0 Å². The quantitative estimate of drug-likeness (QED) is 0.685. The van der Waals surface area contributed by atoms with E-state index in [1.54, 1.807) is 0 Å². The van der Waals surface area contributed by atoms with Crippen LogP contribution in [0.25, 0.3) is 11.3 Å². The van der Waals surface area contributed by atoms with E-state index in [1.807, 2.05) is 30.3 Å². The molecule has 70 valence electrons. The molecule has 0 saturated heterocycles. The second-order valence-corrected chi connectivity index (χ2v) is 2.77. The van der Waals surface area contributed by atoms with E-state index in [0.29, 0.717) is 11.5 Å². The summed E-state index contributed by atoms with van der Waals surface area (Å²) in [5.74, 6) is 0.380. The highest BCUT2D eigenvalue weighted by molar-refractivity contribution is 5.69. The molecule has 0 amide bonds. The van der Waals surface area contributed by atoms with Crippen molar-refractivity contribution >= 4 is 11.8 Å². The van der Waals surface area contributed by atoms with Gasteiger partial charge in [0.15, 0.2) is 5.82 Å². The van der Waals surface area contributed by atoms with Crippen molar-refractivity contribution in [2.45, 2.75) is 0 Å². The van der Waals surface area contributed by atoms with Crippen LogP contribution in [-0.2, 0) is 0 Å². The molecule has 0 aliphatic rings. The summed E-state index contributed by atoms with van der Waals surface area (Å²) in [6.45, 7) is 0. The molecule has 0 saturated carbocycles. The van der Waals surface area contributed by atoms with E-state index in [4.69, 9.17) is 11.5 Å². The lowest BCUT2D eigenvalue weighted by Gasteiger charge is -2.02. The Bertz CT molecular complexity index is 440. The van der Waals surface area contributed by atoms with Gasteiger partial charge in [-0.25, -0.2) is 0 Å². The fraction of sp³-hybridized carbons (Fsp3) is 0. The van der Waals surface area contributed by atoms with E-state index in [0.717, 1.165) is 5.56 Å². The molecule has 1 heterocycles. The summed E-state index contributed by atoms with van der Waals surface area (Å²) >= 11 is 0. The van der Waals surface area contributed by atoms with Gasteiger partial charge in [-0.2, -0.15) is 4.98 Å². The van der Waals surface area contributed by atoms with Gasteiger partial charge in [0.05, 0.1) is 0 Å². The third-order valence-corrected chi connectivity index (χ3v) is 1.78. The molecule has 2 rings (SSSR count). The van der Waals surface area contributed by atoms with E-state index in [-0.39, 0.29) is 5.95 Å². The van der Waals surface area contributed by atoms with Gasteiger partial charge in [0.2, 0.25) is 5.95 Å². The van der Waals surface area contributed by atoms with Gasteiger partial charge in [0, 0.05) is 5.56 Å². The zero-order valence-electron chi connectivity index (χ0n) is 7.38. The summed E-state index contributed by atoms with van der Waals surface area (Å²) in [6.07, 6.45) is 0. The van der Waals surface area contributed by atoms with Crippen molar-refractivity contribution in [3.63, 3.8) is 0 Å². The minimum atomic E-state index is 0.0854. The SMILES string of the molecule is Nc1nnc(-c2ccccc2)c(N)n1. The minimum Gasteiger partial charge on any atom is -0.382 e. The molecular weight excluding hydrogens is 178 g/mol. The Kier molecular flexibility index (Phi) is 1.98. The van der Waals surface area contributed by atoms with Crippen LogP contribution in [0.15, 0.2) is 30.3 Å². The summed E-state index contributed by atoms with van der Waals surface area (Å²) in [5, 5.41) is 7.54. The lowest BCUT2D eigenvalue weighted by atomic mass is 10.1. The Morgan fingerprint density at radius 2 is 1.64 bits per heavy atom. The molecule has 4 N–H and O–H groups in total. The van der Waals surface area contributed by atoms with Gasteiger partial charge in [-0.05, 0) is 0 Å². The van der Waals surface area contributed by atoms with Crippen LogP contribution >= 0.6 is 0 Å². The van der Waals surface area contributed by atoms with Gasteiger partial charge in [-0.3, -0.25) is 0 Å². The summed E-state index contributed by atoms with van der Waals surface area (Å²) in [4.78, 5) is 3.83. The average molecular weight is 187 g/mol. The molecule has 0 atom stereocenters. The van der Waals surface area contributed by atoms with Crippen LogP contribution in [-0.4, -0.2) is 15.2 Å². The zero-order chi connectivity index (χ0) is 9.97. The van der Waals surface area contributed by atoms with Crippen LogP contribution in [0.5, 0.6) is 0 Å². The van der Waals surface area contributed by atoms with E-state index in [1.165, 1.54) is 0 Å². The number of benzene rings is 1. The largest absolute Gasteiger partial charge is 0.382 e. The third-order valence-electron chi connectivity index (χ3n) is 1.78. The summed E-state index contributed by atoms with van der Waals surface area (Å²) in [6, 6.07) is 9.48. The second-order valence-electron chi connectivity index (χ2n) is 2.77. The first-order chi connectivity index (χ1) is 6.77. The van der Waals surface area contributed by atoms with Gasteiger partial charge in [0.1, 0.15) is 5.69 Å². The van der Waals surface area contributed by atoms with Crippen molar-refractivity contribution < 1.29 is 0 Å². The van der Waals surface area contributed by atoms with Crippen LogP contribution in [0.3, 0.4) is 0 Å². The lowest BCUT2D eigenvalue weighted by molar-refractivity contribution is 1.000. The second kappa shape index (κ2) is 3.29. The molecule has 0 fully saturated rings. The van der Waals surface area contributed by atoms with Crippen molar-refractivity contribution in [1.82, 2.24) is 15.2 Å². The molecular formula is C9H9N5. The van der Waals surface area contributed by atoms with Crippen LogP contribution < -0.4 is 11.5 Å².